The van der Waals surface area contributed by atoms with E-state index in [-0.39, 0.29) is 0 Å². The van der Waals surface area contributed by atoms with Crippen LogP contribution in [0.3, 0.4) is 0 Å². The minimum Gasteiger partial charge on any atom is -0.477 e. The summed E-state index contributed by atoms with van der Waals surface area (Å²) < 4.78 is 1.79. The highest BCUT2D eigenvalue weighted by atomic mass is 32.1. The molecule has 5 nitrogen and oxygen atoms in total. The van der Waals surface area contributed by atoms with Crippen molar-refractivity contribution in [1.82, 2.24) is 14.8 Å². The summed E-state index contributed by atoms with van der Waals surface area (Å²) in [5.41, 5.74) is 1.90. The number of hydrogen-bond donors (Lipinski definition) is 2. The quantitative estimate of drug-likeness (QED) is 0.605. The summed E-state index contributed by atoms with van der Waals surface area (Å²) in [5.74, 6) is -0.0561. The number of H-pyrrole nitrogens is 1. The Kier molecular flexibility index (Phi) is 2.83. The largest absolute Gasteiger partial charge is 0.477 e. The molecular weight excluding hydrogens is 298 g/mol. The van der Waals surface area contributed by atoms with E-state index < -0.39 is 5.97 Å². The lowest BCUT2D eigenvalue weighted by Gasteiger charge is -2.02. The van der Waals surface area contributed by atoms with Gasteiger partial charge in [-0.15, -0.1) is 11.3 Å². The SMILES string of the molecule is O=C(O)c1ccc(-c2ccnn2-c2cc3ccccc3[nH]2)s1. The summed E-state index contributed by atoms with van der Waals surface area (Å²) in [6, 6.07) is 15.3. The number of benzene rings is 1. The molecule has 6 heteroatoms. The molecule has 0 aliphatic rings. The van der Waals surface area contributed by atoms with E-state index in [4.69, 9.17) is 5.11 Å². The predicted octanol–water partition coefficient (Wildman–Crippen LogP) is 3.78. The van der Waals surface area contributed by atoms with Crippen molar-refractivity contribution in [1.29, 1.82) is 0 Å². The molecule has 0 atom stereocenters. The van der Waals surface area contributed by atoms with Crippen LogP contribution in [0.1, 0.15) is 9.67 Å². The van der Waals surface area contributed by atoms with Crippen molar-refractivity contribution in [2.45, 2.75) is 0 Å². The number of carboxylic acid groups (broad SMARTS) is 1. The maximum Gasteiger partial charge on any atom is 0.345 e. The van der Waals surface area contributed by atoms with Gasteiger partial charge in [-0.1, -0.05) is 18.2 Å². The van der Waals surface area contributed by atoms with Crippen molar-refractivity contribution in [2.75, 3.05) is 0 Å². The first kappa shape index (κ1) is 12.8. The van der Waals surface area contributed by atoms with Gasteiger partial charge in [0.15, 0.2) is 0 Å². The average molecular weight is 309 g/mol. The molecule has 3 aromatic heterocycles. The van der Waals surface area contributed by atoms with E-state index >= 15 is 0 Å². The second-order valence-electron chi connectivity index (χ2n) is 4.84. The summed E-state index contributed by atoms with van der Waals surface area (Å²) in [7, 11) is 0. The average Bonchev–Trinajstić information content (AvgIpc) is 3.24. The van der Waals surface area contributed by atoms with E-state index in [2.05, 4.69) is 10.1 Å². The fourth-order valence-electron chi connectivity index (χ4n) is 2.44. The molecule has 0 aliphatic carbocycles. The van der Waals surface area contributed by atoms with E-state index in [0.29, 0.717) is 4.88 Å². The van der Waals surface area contributed by atoms with Crippen LogP contribution >= 0.6 is 11.3 Å². The molecule has 0 radical (unpaired) electrons. The van der Waals surface area contributed by atoms with Gasteiger partial charge in [0.2, 0.25) is 0 Å². The van der Waals surface area contributed by atoms with Gasteiger partial charge in [-0.05, 0) is 30.3 Å². The standard InChI is InChI=1S/C16H11N3O2S/c20-16(21)14-6-5-13(22-14)12-7-8-17-19(12)15-9-10-3-1-2-4-11(10)18-15/h1-9,18H,(H,20,21). The zero-order chi connectivity index (χ0) is 15.1. The molecule has 22 heavy (non-hydrogen) atoms. The van der Waals surface area contributed by atoms with Gasteiger partial charge in [-0.2, -0.15) is 5.10 Å². The Balaban J connectivity index is 1.83. The maximum atomic E-state index is 11.0. The number of aromatic amines is 1. The van der Waals surface area contributed by atoms with Crippen LogP contribution in [0.15, 0.2) is 54.7 Å². The first-order chi connectivity index (χ1) is 10.7. The Morgan fingerprint density at radius 2 is 2.05 bits per heavy atom. The zero-order valence-electron chi connectivity index (χ0n) is 11.4. The molecule has 0 saturated heterocycles. The molecule has 0 fully saturated rings. The van der Waals surface area contributed by atoms with Crippen LogP contribution in [0, 0.1) is 0 Å². The number of aromatic nitrogens is 3. The maximum absolute atomic E-state index is 11.0. The monoisotopic (exact) mass is 309 g/mol. The molecular formula is C16H11N3O2S. The van der Waals surface area contributed by atoms with Crippen LogP contribution in [0.4, 0.5) is 0 Å². The second kappa shape index (κ2) is 4.85. The summed E-state index contributed by atoms with van der Waals surface area (Å²) in [4.78, 5) is 15.6. The third-order valence-electron chi connectivity index (χ3n) is 3.46. The normalized spacial score (nSPS) is 11.1. The van der Waals surface area contributed by atoms with E-state index in [9.17, 15) is 4.79 Å². The molecule has 0 spiro atoms. The third kappa shape index (κ3) is 2.01. The Bertz CT molecular complexity index is 947. The number of nitrogens with one attached hydrogen (secondary N) is 1. The van der Waals surface area contributed by atoms with Gasteiger partial charge in [0.25, 0.3) is 0 Å². The zero-order valence-corrected chi connectivity index (χ0v) is 12.2. The lowest BCUT2D eigenvalue weighted by atomic mass is 10.2. The first-order valence-corrected chi connectivity index (χ1v) is 7.50. The molecule has 3 heterocycles. The fraction of sp³-hybridized carbons (Fsp3) is 0. The fourth-order valence-corrected chi connectivity index (χ4v) is 3.30. The number of para-hydroxylation sites is 1. The highest BCUT2D eigenvalue weighted by molar-refractivity contribution is 7.17. The Hall–Kier alpha value is -2.86. The van der Waals surface area contributed by atoms with Crippen LogP contribution in [0.2, 0.25) is 0 Å². The molecule has 1 aromatic carbocycles. The van der Waals surface area contributed by atoms with E-state index in [1.807, 2.05) is 42.5 Å². The predicted molar refractivity (Wildman–Crippen MR) is 85.7 cm³/mol. The number of thiophene rings is 1. The van der Waals surface area contributed by atoms with Crippen LogP contribution < -0.4 is 0 Å². The van der Waals surface area contributed by atoms with Crippen molar-refractivity contribution >= 4 is 28.2 Å². The van der Waals surface area contributed by atoms with E-state index in [0.717, 1.165) is 27.3 Å². The van der Waals surface area contributed by atoms with Crippen LogP contribution in [-0.2, 0) is 0 Å². The van der Waals surface area contributed by atoms with Crippen molar-refractivity contribution in [2.24, 2.45) is 0 Å². The van der Waals surface area contributed by atoms with Crippen molar-refractivity contribution in [3.63, 3.8) is 0 Å². The van der Waals surface area contributed by atoms with Gasteiger partial charge < -0.3 is 10.1 Å². The minimum atomic E-state index is -0.909. The number of carboxylic acids is 1. The Morgan fingerprint density at radius 1 is 1.18 bits per heavy atom. The van der Waals surface area contributed by atoms with Crippen molar-refractivity contribution in [3.8, 4) is 16.4 Å². The molecule has 0 amide bonds. The van der Waals surface area contributed by atoms with Crippen LogP contribution in [-0.4, -0.2) is 25.8 Å². The molecule has 0 unspecified atom stereocenters. The summed E-state index contributed by atoms with van der Waals surface area (Å²) >= 11 is 1.24. The van der Waals surface area contributed by atoms with Gasteiger partial charge in [-0.3, -0.25) is 0 Å². The van der Waals surface area contributed by atoms with E-state index in [1.54, 1.807) is 16.9 Å². The van der Waals surface area contributed by atoms with Crippen molar-refractivity contribution < 1.29 is 9.90 Å². The molecule has 108 valence electrons. The lowest BCUT2D eigenvalue weighted by Crippen LogP contribution is -1.98. The van der Waals surface area contributed by atoms with Crippen LogP contribution in [0.5, 0.6) is 0 Å². The highest BCUT2D eigenvalue weighted by Gasteiger charge is 2.14. The number of carbonyl (C=O) groups is 1. The summed E-state index contributed by atoms with van der Waals surface area (Å²) in [5, 5.41) is 14.5. The second-order valence-corrected chi connectivity index (χ2v) is 5.92. The number of nitrogens with zero attached hydrogens (tertiary/aromatic N) is 2. The van der Waals surface area contributed by atoms with Gasteiger partial charge >= 0.3 is 5.97 Å². The topological polar surface area (TPSA) is 70.9 Å². The third-order valence-corrected chi connectivity index (χ3v) is 4.55. The highest BCUT2D eigenvalue weighted by Crippen LogP contribution is 2.30. The van der Waals surface area contributed by atoms with Gasteiger partial charge in [-0.25, -0.2) is 9.48 Å². The molecule has 0 saturated carbocycles. The summed E-state index contributed by atoms with van der Waals surface area (Å²) in [6.45, 7) is 0. The molecule has 2 N–H and O–H groups in total. The van der Waals surface area contributed by atoms with Gasteiger partial charge in [0, 0.05) is 10.9 Å². The molecule has 4 aromatic rings. The number of hydrogen-bond acceptors (Lipinski definition) is 3. The smallest absolute Gasteiger partial charge is 0.345 e. The Morgan fingerprint density at radius 3 is 2.82 bits per heavy atom. The van der Waals surface area contributed by atoms with Crippen molar-refractivity contribution in [3.05, 3.63) is 59.6 Å². The number of fused-ring (bicyclic) bond motifs is 1. The minimum absolute atomic E-state index is 0.319. The van der Waals surface area contributed by atoms with E-state index in [1.165, 1.54) is 11.3 Å². The number of rotatable bonds is 3. The Labute approximate surface area is 129 Å². The van der Waals surface area contributed by atoms with Crippen LogP contribution in [0.25, 0.3) is 27.3 Å². The number of aromatic carboxylic acids is 1. The molecule has 0 aliphatic heterocycles. The summed E-state index contributed by atoms with van der Waals surface area (Å²) in [6.07, 6.45) is 1.71. The lowest BCUT2D eigenvalue weighted by molar-refractivity contribution is 0.0702. The molecule has 0 bridgehead atoms. The van der Waals surface area contributed by atoms with Gasteiger partial charge in [0.1, 0.15) is 10.7 Å². The molecule has 4 rings (SSSR count). The first-order valence-electron chi connectivity index (χ1n) is 6.68. The van der Waals surface area contributed by atoms with Gasteiger partial charge in [0.05, 0.1) is 16.8 Å².